The summed E-state index contributed by atoms with van der Waals surface area (Å²) < 4.78 is 13.0. The molecule has 4 rings (SSSR count). The van der Waals surface area contributed by atoms with Crippen molar-refractivity contribution in [2.75, 3.05) is 18.4 Å². The van der Waals surface area contributed by atoms with E-state index in [1.54, 1.807) is 4.90 Å². The quantitative estimate of drug-likeness (QED) is 0.521. The molecule has 1 saturated heterocycles. The maximum atomic E-state index is 13.0. The molecule has 0 saturated carbocycles. The molecule has 1 aliphatic heterocycles. The highest BCUT2D eigenvalue weighted by Crippen LogP contribution is 2.21. The van der Waals surface area contributed by atoms with Gasteiger partial charge in [-0.05, 0) is 54.7 Å². The van der Waals surface area contributed by atoms with Crippen LogP contribution in [0.1, 0.15) is 50.5 Å². The molecular formula is C25H26FN5O3S. The van der Waals surface area contributed by atoms with Crippen molar-refractivity contribution in [1.29, 1.82) is 0 Å². The summed E-state index contributed by atoms with van der Waals surface area (Å²) in [6.45, 7) is 3.34. The molecule has 0 radical (unpaired) electrons. The summed E-state index contributed by atoms with van der Waals surface area (Å²) in [7, 11) is 0. The highest BCUT2D eigenvalue weighted by atomic mass is 32.1. The number of amides is 3. The lowest BCUT2D eigenvalue weighted by Gasteiger charge is -2.31. The Balaban J connectivity index is 1.32. The molecule has 10 heteroatoms. The second kappa shape index (κ2) is 11.2. The van der Waals surface area contributed by atoms with E-state index in [2.05, 4.69) is 39.9 Å². The number of nitrogens with zero attached hydrogens (tertiary/aromatic N) is 3. The van der Waals surface area contributed by atoms with Crippen molar-refractivity contribution in [3.8, 4) is 0 Å². The van der Waals surface area contributed by atoms with Crippen LogP contribution < -0.4 is 10.6 Å². The Bertz CT molecular complexity index is 1200. The van der Waals surface area contributed by atoms with Gasteiger partial charge in [0.15, 0.2) is 0 Å². The van der Waals surface area contributed by atoms with Gasteiger partial charge in [-0.3, -0.25) is 14.4 Å². The Morgan fingerprint density at radius 2 is 1.71 bits per heavy atom. The first kappa shape index (κ1) is 24.5. The molecule has 0 bridgehead atoms. The average molecular weight is 496 g/mol. The van der Waals surface area contributed by atoms with Crippen molar-refractivity contribution in [3.63, 3.8) is 0 Å². The van der Waals surface area contributed by atoms with Crippen molar-refractivity contribution in [2.24, 2.45) is 5.92 Å². The lowest BCUT2D eigenvalue weighted by atomic mass is 9.97. The summed E-state index contributed by atoms with van der Waals surface area (Å²) in [5, 5.41) is 13.4. The number of halogens is 1. The van der Waals surface area contributed by atoms with Crippen LogP contribution in [-0.2, 0) is 17.8 Å². The molecule has 35 heavy (non-hydrogen) atoms. The van der Waals surface area contributed by atoms with E-state index < -0.39 is 11.7 Å². The zero-order valence-corrected chi connectivity index (χ0v) is 20.1. The molecule has 3 aromatic rings. The molecule has 2 N–H and O–H groups in total. The lowest BCUT2D eigenvalue weighted by molar-refractivity contribution is -0.126. The minimum atomic E-state index is -0.531. The van der Waals surface area contributed by atoms with Crippen molar-refractivity contribution < 1.29 is 18.8 Å². The zero-order valence-electron chi connectivity index (χ0n) is 19.3. The van der Waals surface area contributed by atoms with Gasteiger partial charge in [0.2, 0.25) is 15.9 Å². The van der Waals surface area contributed by atoms with Gasteiger partial charge in [-0.25, -0.2) is 4.39 Å². The molecule has 0 unspecified atom stereocenters. The summed E-state index contributed by atoms with van der Waals surface area (Å²) in [5.74, 6) is -1.69. The van der Waals surface area contributed by atoms with Crippen LogP contribution in [0.2, 0.25) is 0 Å². The van der Waals surface area contributed by atoms with E-state index in [0.29, 0.717) is 31.6 Å². The second-order valence-corrected chi connectivity index (χ2v) is 9.33. The van der Waals surface area contributed by atoms with Gasteiger partial charge in [-0.15, -0.1) is 10.2 Å². The molecule has 182 valence electrons. The van der Waals surface area contributed by atoms with Crippen molar-refractivity contribution in [2.45, 2.75) is 32.7 Å². The highest BCUT2D eigenvalue weighted by Gasteiger charge is 2.30. The number of carbonyl (C=O) groups is 3. The van der Waals surface area contributed by atoms with Crippen molar-refractivity contribution >= 4 is 34.7 Å². The van der Waals surface area contributed by atoms with Gasteiger partial charge in [-0.2, -0.15) is 0 Å². The molecule has 1 aliphatic rings. The number of likely N-dealkylation sites (tertiary alicyclic amines) is 1. The standard InChI is InChI=1S/C25H26FN5O3S/c1-2-16-5-7-17(8-6-16)14-27-21(32)18-4-3-13-31(15-18)25(34)24-30-29-23(35-24)22(33)28-20-11-9-19(26)10-12-20/h5-12,18H,2-4,13-15H2,1H3,(H,27,32)(H,28,33)/t18-/m0/s1. The van der Waals surface area contributed by atoms with Gasteiger partial charge in [0.05, 0.1) is 5.92 Å². The van der Waals surface area contributed by atoms with Crippen LogP contribution in [0.25, 0.3) is 0 Å². The van der Waals surface area contributed by atoms with E-state index >= 15 is 0 Å². The van der Waals surface area contributed by atoms with Crippen LogP contribution in [0.5, 0.6) is 0 Å². The van der Waals surface area contributed by atoms with Gasteiger partial charge in [0, 0.05) is 25.3 Å². The third kappa shape index (κ3) is 6.27. The Morgan fingerprint density at radius 3 is 2.43 bits per heavy atom. The molecule has 2 heterocycles. The van der Waals surface area contributed by atoms with Gasteiger partial charge < -0.3 is 15.5 Å². The first-order valence-electron chi connectivity index (χ1n) is 11.5. The summed E-state index contributed by atoms with van der Waals surface area (Å²) in [5.41, 5.74) is 2.68. The van der Waals surface area contributed by atoms with Gasteiger partial charge >= 0.3 is 0 Å². The highest BCUT2D eigenvalue weighted by molar-refractivity contribution is 7.15. The summed E-state index contributed by atoms with van der Waals surface area (Å²) >= 11 is 0.885. The number of aromatic nitrogens is 2. The second-order valence-electron chi connectivity index (χ2n) is 8.35. The normalized spacial score (nSPS) is 15.5. The molecule has 8 nitrogen and oxygen atoms in total. The Labute approximate surface area is 206 Å². The van der Waals surface area contributed by atoms with Gasteiger partial charge in [0.25, 0.3) is 11.8 Å². The van der Waals surface area contributed by atoms with E-state index in [9.17, 15) is 18.8 Å². The van der Waals surface area contributed by atoms with E-state index in [4.69, 9.17) is 0 Å². The first-order valence-corrected chi connectivity index (χ1v) is 12.3. The maximum absolute atomic E-state index is 13.0. The Morgan fingerprint density at radius 1 is 1.03 bits per heavy atom. The van der Waals surface area contributed by atoms with Crippen LogP contribution in [-0.4, -0.2) is 45.9 Å². The number of hydrogen-bond donors (Lipinski definition) is 2. The number of aryl methyl sites for hydroxylation is 1. The van der Waals surface area contributed by atoms with Crippen molar-refractivity contribution in [3.05, 3.63) is 75.5 Å². The zero-order chi connectivity index (χ0) is 24.8. The molecule has 0 aliphatic carbocycles. The molecular weight excluding hydrogens is 469 g/mol. The fourth-order valence-corrected chi connectivity index (χ4v) is 4.56. The molecule has 2 aromatic carbocycles. The van der Waals surface area contributed by atoms with E-state index in [1.165, 1.54) is 29.8 Å². The van der Waals surface area contributed by atoms with Crippen LogP contribution in [0.15, 0.2) is 48.5 Å². The first-order chi connectivity index (χ1) is 16.9. The monoisotopic (exact) mass is 495 g/mol. The van der Waals surface area contributed by atoms with E-state index in [0.717, 1.165) is 23.3 Å². The van der Waals surface area contributed by atoms with E-state index in [1.807, 2.05) is 12.1 Å². The topological polar surface area (TPSA) is 104 Å². The number of piperidine rings is 1. The smallest absolute Gasteiger partial charge is 0.286 e. The number of nitrogens with one attached hydrogen (secondary N) is 2. The molecule has 1 fully saturated rings. The predicted octanol–water partition coefficient (Wildman–Crippen LogP) is 3.66. The fraction of sp³-hybridized carbons (Fsp3) is 0.320. The van der Waals surface area contributed by atoms with Crippen LogP contribution in [0.3, 0.4) is 0 Å². The van der Waals surface area contributed by atoms with Gasteiger partial charge in [-0.1, -0.05) is 42.5 Å². The largest absolute Gasteiger partial charge is 0.352 e. The SMILES string of the molecule is CCc1ccc(CNC(=O)[C@H]2CCCN(C(=O)c3nnc(C(=O)Nc4ccc(F)cc4)s3)C2)cc1. The number of anilines is 1. The minimum absolute atomic E-state index is 0.0260. The maximum Gasteiger partial charge on any atom is 0.286 e. The van der Waals surface area contributed by atoms with Crippen molar-refractivity contribution in [1.82, 2.24) is 20.4 Å². The summed E-state index contributed by atoms with van der Waals surface area (Å²) in [6.07, 6.45) is 2.37. The number of hydrogen-bond acceptors (Lipinski definition) is 6. The van der Waals surface area contributed by atoms with Crippen LogP contribution in [0, 0.1) is 11.7 Å². The van der Waals surface area contributed by atoms with Crippen LogP contribution in [0.4, 0.5) is 10.1 Å². The lowest BCUT2D eigenvalue weighted by Crippen LogP contribution is -2.45. The Kier molecular flexibility index (Phi) is 7.81. The molecule has 0 spiro atoms. The third-order valence-electron chi connectivity index (χ3n) is 5.88. The average Bonchev–Trinajstić information content (AvgIpc) is 3.39. The number of rotatable bonds is 7. The number of carbonyl (C=O) groups excluding carboxylic acids is 3. The van der Waals surface area contributed by atoms with Crippen LogP contribution >= 0.6 is 11.3 Å². The fourth-order valence-electron chi connectivity index (χ4n) is 3.86. The number of benzene rings is 2. The molecule has 1 aromatic heterocycles. The third-order valence-corrected chi connectivity index (χ3v) is 6.79. The summed E-state index contributed by atoms with van der Waals surface area (Å²) in [6, 6.07) is 13.5. The molecule has 1 atom stereocenters. The molecule has 3 amide bonds. The Hall–Kier alpha value is -3.66. The predicted molar refractivity (Wildman–Crippen MR) is 131 cm³/mol. The van der Waals surface area contributed by atoms with Gasteiger partial charge in [0.1, 0.15) is 5.82 Å². The minimum Gasteiger partial charge on any atom is -0.352 e. The summed E-state index contributed by atoms with van der Waals surface area (Å²) in [4.78, 5) is 39.7. The van der Waals surface area contributed by atoms with E-state index in [-0.39, 0.29) is 34.3 Å².